The Hall–Kier alpha value is -1.16. The van der Waals surface area contributed by atoms with E-state index in [1.165, 1.54) is 12.8 Å². The Kier molecular flexibility index (Phi) is 2.98. The summed E-state index contributed by atoms with van der Waals surface area (Å²) in [6.07, 6.45) is 5.24. The molecule has 0 N–H and O–H groups in total. The highest BCUT2D eigenvalue weighted by molar-refractivity contribution is 5.45. The number of rotatable bonds is 2. The third kappa shape index (κ3) is 1.99. The van der Waals surface area contributed by atoms with Crippen LogP contribution in [0.15, 0.2) is 6.07 Å². The third-order valence-corrected chi connectivity index (χ3v) is 4.24. The van der Waals surface area contributed by atoms with Gasteiger partial charge in [0.25, 0.3) is 0 Å². The van der Waals surface area contributed by atoms with Gasteiger partial charge in [-0.1, -0.05) is 0 Å². The Morgan fingerprint density at radius 3 is 2.39 bits per heavy atom. The number of hydrogen-bond donors (Lipinski definition) is 0. The van der Waals surface area contributed by atoms with Crippen molar-refractivity contribution in [1.29, 1.82) is 0 Å². The molecule has 0 spiro atoms. The van der Waals surface area contributed by atoms with Crippen molar-refractivity contribution < 1.29 is 4.74 Å². The molecule has 0 aromatic carbocycles. The predicted molar refractivity (Wildman–Crippen MR) is 70.8 cm³/mol. The summed E-state index contributed by atoms with van der Waals surface area (Å²) in [7, 11) is 1.83. The van der Waals surface area contributed by atoms with Gasteiger partial charge in [-0.2, -0.15) is 0 Å². The number of nitrogens with zero attached hydrogens (tertiary/aromatic N) is 3. The number of hydrogen-bond acceptors (Lipinski definition) is 4. The first-order valence-electron chi connectivity index (χ1n) is 6.81. The minimum absolute atomic E-state index is 0.433. The Morgan fingerprint density at radius 1 is 1.17 bits per heavy atom. The zero-order chi connectivity index (χ0) is 12.7. The fraction of sp³-hybridized carbons (Fsp3) is 0.714. The molecule has 1 aromatic rings. The summed E-state index contributed by atoms with van der Waals surface area (Å²) in [6, 6.07) is 3.32. The van der Waals surface area contributed by atoms with E-state index in [9.17, 15) is 0 Å². The lowest BCUT2D eigenvalue weighted by atomic mass is 9.99. The lowest BCUT2D eigenvalue weighted by Crippen LogP contribution is -2.45. The first kappa shape index (κ1) is 11.9. The summed E-state index contributed by atoms with van der Waals surface area (Å²) in [4.78, 5) is 11.5. The Labute approximate surface area is 108 Å². The van der Waals surface area contributed by atoms with E-state index in [0.717, 1.165) is 30.2 Å². The molecule has 0 aliphatic carbocycles. The number of ether oxygens (including phenoxy) is 1. The van der Waals surface area contributed by atoms with E-state index in [0.29, 0.717) is 18.2 Å². The van der Waals surface area contributed by atoms with Crippen LogP contribution >= 0.6 is 0 Å². The summed E-state index contributed by atoms with van der Waals surface area (Å²) < 4.78 is 5.54. The number of piperidine rings is 1. The van der Waals surface area contributed by atoms with Crippen molar-refractivity contribution in [2.75, 3.05) is 12.0 Å². The minimum atomic E-state index is 0.433. The summed E-state index contributed by atoms with van der Waals surface area (Å²) in [5.41, 5.74) is 1.06. The molecule has 2 bridgehead atoms. The second-order valence-corrected chi connectivity index (χ2v) is 5.54. The molecule has 0 saturated carbocycles. The quantitative estimate of drug-likeness (QED) is 0.803. The first-order valence-corrected chi connectivity index (χ1v) is 6.81. The molecule has 2 unspecified atom stereocenters. The van der Waals surface area contributed by atoms with Crippen LogP contribution < -0.4 is 4.90 Å². The van der Waals surface area contributed by atoms with E-state index in [4.69, 9.17) is 4.74 Å². The number of fused-ring (bicyclic) bond motifs is 2. The Morgan fingerprint density at radius 2 is 1.83 bits per heavy atom. The molecular weight excluding hydrogens is 226 g/mol. The number of anilines is 1. The van der Waals surface area contributed by atoms with Crippen LogP contribution in [0.5, 0.6) is 0 Å². The molecule has 98 valence electrons. The third-order valence-electron chi connectivity index (χ3n) is 4.24. The molecule has 1 aromatic heterocycles. The molecule has 4 nitrogen and oxygen atoms in total. The highest BCUT2D eigenvalue weighted by Gasteiger charge is 2.41. The van der Waals surface area contributed by atoms with E-state index in [2.05, 4.69) is 20.9 Å². The summed E-state index contributed by atoms with van der Waals surface area (Å²) >= 11 is 0. The lowest BCUT2D eigenvalue weighted by Gasteiger charge is -2.39. The van der Waals surface area contributed by atoms with Crippen molar-refractivity contribution >= 4 is 5.82 Å². The van der Waals surface area contributed by atoms with E-state index in [-0.39, 0.29) is 0 Å². The van der Waals surface area contributed by atoms with Gasteiger partial charge in [-0.3, -0.25) is 0 Å². The maximum absolute atomic E-state index is 5.54. The molecule has 2 aliphatic rings. The zero-order valence-corrected chi connectivity index (χ0v) is 11.4. The normalized spacial score (nSPS) is 30.8. The molecular formula is C14H21N3O. The fourth-order valence-electron chi connectivity index (χ4n) is 3.52. The molecule has 2 fully saturated rings. The van der Waals surface area contributed by atoms with Crippen molar-refractivity contribution in [3.8, 4) is 0 Å². The van der Waals surface area contributed by atoms with Crippen LogP contribution in [-0.2, 0) is 4.74 Å². The van der Waals surface area contributed by atoms with Gasteiger partial charge < -0.3 is 9.64 Å². The second kappa shape index (κ2) is 4.50. The SMILES string of the molecule is COC1CC2CCC(C1)N2c1cc(C)nc(C)n1. The van der Waals surface area contributed by atoms with Crippen molar-refractivity contribution in [1.82, 2.24) is 9.97 Å². The van der Waals surface area contributed by atoms with E-state index >= 15 is 0 Å². The van der Waals surface area contributed by atoms with Crippen molar-refractivity contribution in [3.63, 3.8) is 0 Å². The summed E-state index contributed by atoms with van der Waals surface area (Å²) in [6.45, 7) is 4.02. The average molecular weight is 247 g/mol. The maximum atomic E-state index is 5.54. The van der Waals surface area contributed by atoms with Crippen molar-refractivity contribution in [2.24, 2.45) is 0 Å². The molecule has 4 heteroatoms. The molecule has 2 atom stereocenters. The Bertz CT molecular complexity index is 414. The van der Waals surface area contributed by atoms with E-state index in [1.54, 1.807) is 0 Å². The molecule has 2 aliphatic heterocycles. The van der Waals surface area contributed by atoms with E-state index in [1.807, 2.05) is 21.0 Å². The summed E-state index contributed by atoms with van der Waals surface area (Å²) in [5.74, 6) is 1.99. The summed E-state index contributed by atoms with van der Waals surface area (Å²) in [5, 5.41) is 0. The van der Waals surface area contributed by atoms with Crippen LogP contribution in [-0.4, -0.2) is 35.3 Å². The fourth-order valence-corrected chi connectivity index (χ4v) is 3.52. The Balaban J connectivity index is 1.89. The van der Waals surface area contributed by atoms with Gasteiger partial charge in [0.15, 0.2) is 0 Å². The van der Waals surface area contributed by atoms with E-state index < -0.39 is 0 Å². The first-order chi connectivity index (χ1) is 8.67. The lowest BCUT2D eigenvalue weighted by molar-refractivity contribution is 0.0682. The molecule has 18 heavy (non-hydrogen) atoms. The molecule has 2 saturated heterocycles. The minimum Gasteiger partial charge on any atom is -0.381 e. The van der Waals surface area contributed by atoms with Gasteiger partial charge in [0.2, 0.25) is 0 Å². The highest BCUT2D eigenvalue weighted by atomic mass is 16.5. The maximum Gasteiger partial charge on any atom is 0.133 e. The van der Waals surface area contributed by atoms with Crippen LogP contribution in [0, 0.1) is 13.8 Å². The van der Waals surface area contributed by atoms with Crippen LogP contribution in [0.4, 0.5) is 5.82 Å². The molecule has 3 heterocycles. The number of aromatic nitrogens is 2. The molecule has 0 radical (unpaired) electrons. The molecule has 3 rings (SSSR count). The van der Waals surface area contributed by atoms with Crippen LogP contribution in [0.25, 0.3) is 0 Å². The smallest absolute Gasteiger partial charge is 0.133 e. The molecule has 0 amide bonds. The van der Waals surface area contributed by atoms with Gasteiger partial charge in [-0.15, -0.1) is 0 Å². The number of methoxy groups -OCH3 is 1. The predicted octanol–water partition coefficient (Wildman–Crippen LogP) is 2.24. The zero-order valence-electron chi connectivity index (χ0n) is 11.4. The monoisotopic (exact) mass is 247 g/mol. The highest BCUT2D eigenvalue weighted by Crippen LogP contribution is 2.39. The topological polar surface area (TPSA) is 38.2 Å². The average Bonchev–Trinajstić information content (AvgIpc) is 2.59. The van der Waals surface area contributed by atoms with Gasteiger partial charge >= 0.3 is 0 Å². The van der Waals surface area contributed by atoms with Gasteiger partial charge in [0.1, 0.15) is 11.6 Å². The van der Waals surface area contributed by atoms with Crippen LogP contribution in [0.2, 0.25) is 0 Å². The van der Waals surface area contributed by atoms with Crippen molar-refractivity contribution in [2.45, 2.75) is 57.7 Å². The van der Waals surface area contributed by atoms with Crippen molar-refractivity contribution in [3.05, 3.63) is 17.6 Å². The standard InChI is InChI=1S/C14H21N3O/c1-9-6-14(16-10(2)15-9)17-11-4-5-12(17)8-13(7-11)18-3/h6,11-13H,4-5,7-8H2,1-3H3. The van der Waals surface area contributed by atoms with Gasteiger partial charge in [-0.05, 0) is 39.5 Å². The number of aryl methyl sites for hydroxylation is 2. The van der Waals surface area contributed by atoms with Gasteiger partial charge in [0, 0.05) is 31.0 Å². The van der Waals surface area contributed by atoms with Gasteiger partial charge in [-0.25, -0.2) is 9.97 Å². The van der Waals surface area contributed by atoms with Gasteiger partial charge in [0.05, 0.1) is 6.10 Å². The van der Waals surface area contributed by atoms with Crippen LogP contribution in [0.1, 0.15) is 37.2 Å². The second-order valence-electron chi connectivity index (χ2n) is 5.54. The van der Waals surface area contributed by atoms with Crippen LogP contribution in [0.3, 0.4) is 0 Å². The largest absolute Gasteiger partial charge is 0.381 e.